The van der Waals surface area contributed by atoms with Crippen molar-refractivity contribution in [2.45, 2.75) is 25.6 Å². The normalized spacial score (nSPS) is 11.4. The van der Waals surface area contributed by atoms with Crippen LogP contribution in [0.3, 0.4) is 0 Å². The van der Waals surface area contributed by atoms with Crippen molar-refractivity contribution in [1.29, 1.82) is 0 Å². The molecule has 2 rings (SSSR count). The molecule has 0 aliphatic carbocycles. The van der Waals surface area contributed by atoms with Crippen LogP contribution in [0.15, 0.2) is 53.5 Å². The van der Waals surface area contributed by atoms with Crippen molar-refractivity contribution in [2.24, 2.45) is 4.99 Å². The lowest BCUT2D eigenvalue weighted by atomic mass is 10.2. The maximum absolute atomic E-state index is 12.4. The fraction of sp³-hybridized carbons (Fsp3) is 0.435. The molecular weight excluding hydrogens is 541 g/mol. The van der Waals surface area contributed by atoms with Crippen molar-refractivity contribution in [2.75, 3.05) is 40.1 Å². The van der Waals surface area contributed by atoms with Crippen LogP contribution in [-0.2, 0) is 22.1 Å². The lowest BCUT2D eigenvalue weighted by Gasteiger charge is -2.23. The van der Waals surface area contributed by atoms with E-state index >= 15 is 0 Å². The Morgan fingerprint density at radius 1 is 1.09 bits per heavy atom. The molecule has 0 aliphatic heterocycles. The summed E-state index contributed by atoms with van der Waals surface area (Å²) in [6.45, 7) is 3.74. The fourth-order valence-corrected chi connectivity index (χ4v) is 4.57. The van der Waals surface area contributed by atoms with Gasteiger partial charge in [-0.25, -0.2) is 8.42 Å². The molecule has 0 aromatic heterocycles. The van der Waals surface area contributed by atoms with Crippen LogP contribution in [-0.4, -0.2) is 59.4 Å². The van der Waals surface area contributed by atoms with Gasteiger partial charge in [-0.2, -0.15) is 0 Å². The third-order valence-corrected chi connectivity index (χ3v) is 6.39. The summed E-state index contributed by atoms with van der Waals surface area (Å²) in [5.41, 5.74) is 1.81. The Labute approximate surface area is 209 Å². The number of halogens is 1. The molecule has 2 aromatic carbocycles. The Morgan fingerprint density at radius 3 is 2.44 bits per heavy atom. The Kier molecular flexibility index (Phi) is 12.4. The summed E-state index contributed by atoms with van der Waals surface area (Å²) in [5.74, 6) is 2.38. The highest BCUT2D eigenvalue weighted by Crippen LogP contribution is 2.25. The number of guanidine groups is 1. The van der Waals surface area contributed by atoms with E-state index in [1.54, 1.807) is 14.2 Å². The van der Waals surface area contributed by atoms with E-state index in [2.05, 4.69) is 10.3 Å². The molecule has 9 heteroatoms. The third-order valence-electron chi connectivity index (χ3n) is 4.70. The first kappa shape index (κ1) is 28.0. The molecule has 0 aliphatic rings. The van der Waals surface area contributed by atoms with Gasteiger partial charge in [0.05, 0.1) is 25.7 Å². The lowest BCUT2D eigenvalue weighted by Crippen LogP contribution is -2.38. The van der Waals surface area contributed by atoms with Gasteiger partial charge in [-0.1, -0.05) is 30.3 Å². The highest BCUT2D eigenvalue weighted by Gasteiger charge is 2.13. The third kappa shape index (κ3) is 9.23. The molecule has 0 radical (unpaired) electrons. The van der Waals surface area contributed by atoms with E-state index in [4.69, 9.17) is 9.47 Å². The summed E-state index contributed by atoms with van der Waals surface area (Å²) in [4.78, 5) is 6.60. The van der Waals surface area contributed by atoms with Gasteiger partial charge in [0, 0.05) is 38.3 Å². The zero-order valence-electron chi connectivity index (χ0n) is 19.2. The van der Waals surface area contributed by atoms with Gasteiger partial charge in [0.2, 0.25) is 0 Å². The van der Waals surface area contributed by atoms with Crippen molar-refractivity contribution in [3.63, 3.8) is 0 Å². The second kappa shape index (κ2) is 14.2. The molecular formula is C23H34IN3O4S. The van der Waals surface area contributed by atoms with Crippen LogP contribution in [0.2, 0.25) is 0 Å². The van der Waals surface area contributed by atoms with Gasteiger partial charge < -0.3 is 19.7 Å². The fourth-order valence-electron chi connectivity index (χ4n) is 3.15. The Morgan fingerprint density at radius 2 is 1.81 bits per heavy atom. The SMILES string of the molecule is CCNC(=NCCCS(=O)(=O)Cc1ccccc1)N(C)Cc1ccc(OC)cc1OC.I. The van der Waals surface area contributed by atoms with Gasteiger partial charge in [0.1, 0.15) is 11.5 Å². The Balaban J connectivity index is 0.00000512. The molecule has 0 amide bonds. The van der Waals surface area contributed by atoms with E-state index in [1.807, 2.05) is 67.4 Å². The van der Waals surface area contributed by atoms with Crippen molar-refractivity contribution >= 4 is 39.8 Å². The minimum Gasteiger partial charge on any atom is -0.497 e. The molecule has 2 aromatic rings. The number of hydrogen-bond donors (Lipinski definition) is 1. The molecule has 0 heterocycles. The first-order valence-electron chi connectivity index (χ1n) is 10.3. The van der Waals surface area contributed by atoms with E-state index < -0.39 is 9.84 Å². The van der Waals surface area contributed by atoms with Crippen LogP contribution in [0.1, 0.15) is 24.5 Å². The van der Waals surface area contributed by atoms with E-state index in [9.17, 15) is 8.42 Å². The Bertz CT molecular complexity index is 953. The van der Waals surface area contributed by atoms with Crippen molar-refractivity contribution in [3.8, 4) is 11.5 Å². The van der Waals surface area contributed by atoms with Gasteiger partial charge in [-0.05, 0) is 31.0 Å². The standard InChI is InChI=1S/C23H33N3O4S.HI/c1-5-24-23(26(2)17-20-12-13-21(29-3)16-22(20)30-4)25-14-9-15-31(27,28)18-19-10-7-6-8-11-19;/h6-8,10-13,16H,5,9,14-15,17-18H2,1-4H3,(H,24,25);1H. The molecule has 0 bridgehead atoms. The molecule has 0 spiro atoms. The lowest BCUT2D eigenvalue weighted by molar-refractivity contribution is 0.382. The van der Waals surface area contributed by atoms with Crippen molar-refractivity contribution in [3.05, 3.63) is 59.7 Å². The van der Waals surface area contributed by atoms with Crippen LogP contribution in [0.4, 0.5) is 0 Å². The van der Waals surface area contributed by atoms with E-state index in [1.165, 1.54) is 0 Å². The van der Waals surface area contributed by atoms with Gasteiger partial charge in [0.25, 0.3) is 0 Å². The number of nitrogens with one attached hydrogen (secondary N) is 1. The summed E-state index contributed by atoms with van der Waals surface area (Å²) in [6, 6.07) is 15.0. The zero-order chi connectivity index (χ0) is 22.7. The monoisotopic (exact) mass is 575 g/mol. The summed E-state index contributed by atoms with van der Waals surface area (Å²) in [6.07, 6.45) is 0.476. The molecule has 0 atom stereocenters. The van der Waals surface area contributed by atoms with Crippen LogP contribution in [0, 0.1) is 0 Å². The number of aliphatic imine (C=N–C) groups is 1. The maximum Gasteiger partial charge on any atom is 0.193 e. The van der Waals surface area contributed by atoms with E-state index in [-0.39, 0.29) is 35.5 Å². The smallest absolute Gasteiger partial charge is 0.193 e. The second-order valence-electron chi connectivity index (χ2n) is 7.20. The zero-order valence-corrected chi connectivity index (χ0v) is 22.4. The van der Waals surface area contributed by atoms with E-state index in [0.29, 0.717) is 19.5 Å². The number of benzene rings is 2. The molecule has 0 fully saturated rings. The maximum atomic E-state index is 12.4. The highest BCUT2D eigenvalue weighted by molar-refractivity contribution is 14.0. The van der Waals surface area contributed by atoms with Crippen LogP contribution in [0.25, 0.3) is 0 Å². The van der Waals surface area contributed by atoms with Gasteiger partial charge >= 0.3 is 0 Å². The van der Waals surface area contributed by atoms with Crippen LogP contribution in [0.5, 0.6) is 11.5 Å². The van der Waals surface area contributed by atoms with Crippen molar-refractivity contribution < 1.29 is 17.9 Å². The summed E-state index contributed by atoms with van der Waals surface area (Å²) >= 11 is 0. The molecule has 0 saturated carbocycles. The van der Waals surface area contributed by atoms with Gasteiger partial charge in [-0.15, -0.1) is 24.0 Å². The van der Waals surface area contributed by atoms with Gasteiger partial charge in [0.15, 0.2) is 15.8 Å². The molecule has 32 heavy (non-hydrogen) atoms. The number of nitrogens with zero attached hydrogens (tertiary/aromatic N) is 2. The average Bonchev–Trinajstić information content (AvgIpc) is 2.76. The topological polar surface area (TPSA) is 80.2 Å². The van der Waals surface area contributed by atoms with Crippen LogP contribution >= 0.6 is 24.0 Å². The highest BCUT2D eigenvalue weighted by atomic mass is 127. The van der Waals surface area contributed by atoms with Crippen molar-refractivity contribution in [1.82, 2.24) is 10.2 Å². The van der Waals surface area contributed by atoms with Gasteiger partial charge in [-0.3, -0.25) is 4.99 Å². The predicted molar refractivity (Wildman–Crippen MR) is 141 cm³/mol. The molecule has 0 saturated heterocycles. The summed E-state index contributed by atoms with van der Waals surface area (Å²) < 4.78 is 35.5. The first-order valence-corrected chi connectivity index (χ1v) is 12.2. The minimum absolute atomic E-state index is 0. The number of methoxy groups -OCH3 is 2. The molecule has 7 nitrogen and oxygen atoms in total. The Hall–Kier alpha value is -2.01. The van der Waals surface area contributed by atoms with E-state index in [0.717, 1.165) is 35.1 Å². The largest absolute Gasteiger partial charge is 0.497 e. The number of hydrogen-bond acceptors (Lipinski definition) is 5. The number of ether oxygens (including phenoxy) is 2. The average molecular weight is 576 g/mol. The molecule has 1 N–H and O–H groups in total. The van der Waals surface area contributed by atoms with Crippen LogP contribution < -0.4 is 14.8 Å². The first-order chi connectivity index (χ1) is 14.9. The second-order valence-corrected chi connectivity index (χ2v) is 9.38. The summed E-state index contributed by atoms with van der Waals surface area (Å²) in [7, 11) is 2.03. The summed E-state index contributed by atoms with van der Waals surface area (Å²) in [5, 5.41) is 3.26. The minimum atomic E-state index is -3.16. The number of sulfone groups is 1. The predicted octanol–water partition coefficient (Wildman–Crippen LogP) is 3.72. The quantitative estimate of drug-likeness (QED) is 0.191. The molecule has 0 unspecified atom stereocenters. The number of rotatable bonds is 11. The molecule has 178 valence electrons.